The van der Waals surface area contributed by atoms with Gasteiger partial charge in [-0.2, -0.15) is 0 Å². The summed E-state index contributed by atoms with van der Waals surface area (Å²) in [4.78, 5) is 11.6. The van der Waals surface area contributed by atoms with Gasteiger partial charge in [-0.15, -0.1) is 0 Å². The predicted octanol–water partition coefficient (Wildman–Crippen LogP) is 4.85. The van der Waals surface area contributed by atoms with E-state index in [0.717, 1.165) is 5.56 Å². The van der Waals surface area contributed by atoms with Gasteiger partial charge in [-0.05, 0) is 60.6 Å². The largest absolute Gasteiger partial charge is 0.514 e. The van der Waals surface area contributed by atoms with Gasteiger partial charge in [-0.1, -0.05) is 12.1 Å². The number of carbonyl (C=O) groups is 1. The normalized spacial score (nSPS) is 12.1. The first-order valence-corrected chi connectivity index (χ1v) is 7.88. The Balaban J connectivity index is 2.75. The van der Waals surface area contributed by atoms with Crippen molar-refractivity contribution in [1.82, 2.24) is 0 Å². The molecule has 0 aromatic heterocycles. The summed E-state index contributed by atoms with van der Waals surface area (Å²) in [6, 6.07) is 7.02. The van der Waals surface area contributed by atoms with E-state index in [1.807, 2.05) is 39.8 Å². The van der Waals surface area contributed by atoms with Crippen LogP contribution in [0.2, 0.25) is 0 Å². The second kappa shape index (κ2) is 8.31. The molecule has 0 atom stereocenters. The SMILES string of the molecule is CC(C)OC(OC(C)C)c1ccc(OC(=O)OC(C)(C)C)cc1. The zero-order valence-corrected chi connectivity index (χ0v) is 15.1. The Morgan fingerprint density at radius 3 is 1.78 bits per heavy atom. The van der Waals surface area contributed by atoms with Crippen LogP contribution in [-0.4, -0.2) is 24.0 Å². The first-order valence-electron chi connectivity index (χ1n) is 7.88. The van der Waals surface area contributed by atoms with Crippen LogP contribution >= 0.6 is 0 Å². The van der Waals surface area contributed by atoms with E-state index < -0.39 is 18.0 Å². The zero-order chi connectivity index (χ0) is 17.6. The average molecular weight is 324 g/mol. The fraction of sp³-hybridized carbons (Fsp3) is 0.611. The highest BCUT2D eigenvalue weighted by Crippen LogP contribution is 2.25. The zero-order valence-electron chi connectivity index (χ0n) is 15.1. The Hall–Kier alpha value is -1.59. The summed E-state index contributed by atoms with van der Waals surface area (Å²) in [7, 11) is 0. The molecule has 1 aromatic carbocycles. The molecule has 0 aliphatic rings. The van der Waals surface area contributed by atoms with Crippen LogP contribution in [0.1, 0.15) is 60.3 Å². The van der Waals surface area contributed by atoms with E-state index in [1.54, 1.807) is 32.9 Å². The molecule has 1 aromatic rings. The molecule has 5 heteroatoms. The van der Waals surface area contributed by atoms with E-state index in [0.29, 0.717) is 5.75 Å². The van der Waals surface area contributed by atoms with Crippen LogP contribution in [0.15, 0.2) is 24.3 Å². The number of hydrogen-bond acceptors (Lipinski definition) is 5. The fourth-order valence-corrected chi connectivity index (χ4v) is 1.74. The minimum Gasteiger partial charge on any atom is -0.428 e. The Kier molecular flexibility index (Phi) is 7.03. The third kappa shape index (κ3) is 8.00. The van der Waals surface area contributed by atoms with Crippen molar-refractivity contribution in [3.05, 3.63) is 29.8 Å². The molecule has 0 heterocycles. The summed E-state index contributed by atoms with van der Waals surface area (Å²) in [5, 5.41) is 0. The Morgan fingerprint density at radius 1 is 0.913 bits per heavy atom. The van der Waals surface area contributed by atoms with Crippen LogP contribution in [0.3, 0.4) is 0 Å². The van der Waals surface area contributed by atoms with Gasteiger partial charge in [0, 0.05) is 5.56 Å². The van der Waals surface area contributed by atoms with E-state index in [9.17, 15) is 4.79 Å². The number of hydrogen-bond donors (Lipinski definition) is 0. The smallest absolute Gasteiger partial charge is 0.428 e. The van der Waals surface area contributed by atoms with Crippen molar-refractivity contribution in [2.24, 2.45) is 0 Å². The molecule has 0 aliphatic heterocycles. The molecule has 0 spiro atoms. The summed E-state index contributed by atoms with van der Waals surface area (Å²) in [5.41, 5.74) is 0.280. The van der Waals surface area contributed by atoms with Crippen LogP contribution < -0.4 is 4.74 Å². The van der Waals surface area contributed by atoms with Gasteiger partial charge in [0.05, 0.1) is 12.2 Å². The molecule has 0 aliphatic carbocycles. The van der Waals surface area contributed by atoms with E-state index in [2.05, 4.69) is 0 Å². The van der Waals surface area contributed by atoms with Gasteiger partial charge >= 0.3 is 6.16 Å². The highest BCUT2D eigenvalue weighted by atomic mass is 16.7. The molecule has 0 N–H and O–H groups in total. The lowest BCUT2D eigenvalue weighted by Gasteiger charge is -2.23. The lowest BCUT2D eigenvalue weighted by Crippen LogP contribution is -2.26. The van der Waals surface area contributed by atoms with Gasteiger partial charge < -0.3 is 18.9 Å². The van der Waals surface area contributed by atoms with Crippen molar-refractivity contribution in [2.45, 2.75) is 72.6 Å². The van der Waals surface area contributed by atoms with Crippen LogP contribution in [0, 0.1) is 0 Å². The maximum atomic E-state index is 11.6. The molecule has 0 radical (unpaired) electrons. The number of ether oxygens (including phenoxy) is 4. The van der Waals surface area contributed by atoms with Crippen LogP contribution in [0.25, 0.3) is 0 Å². The Morgan fingerprint density at radius 2 is 1.39 bits per heavy atom. The van der Waals surface area contributed by atoms with Gasteiger partial charge in [0.2, 0.25) is 0 Å². The first-order chi connectivity index (χ1) is 10.6. The summed E-state index contributed by atoms with van der Waals surface area (Å²) in [6.07, 6.45) is -1.10. The molecular weight excluding hydrogens is 296 g/mol. The van der Waals surface area contributed by atoms with E-state index in [4.69, 9.17) is 18.9 Å². The molecule has 0 bridgehead atoms. The summed E-state index contributed by atoms with van der Waals surface area (Å²) < 4.78 is 21.8. The third-order valence-electron chi connectivity index (χ3n) is 2.53. The third-order valence-corrected chi connectivity index (χ3v) is 2.53. The molecule has 0 unspecified atom stereocenters. The minimum absolute atomic E-state index is 0.0384. The Bertz CT molecular complexity index is 475. The highest BCUT2D eigenvalue weighted by molar-refractivity contribution is 5.64. The molecule has 1 rings (SSSR count). The maximum absolute atomic E-state index is 11.6. The second-order valence-corrected chi connectivity index (χ2v) is 6.84. The molecule has 0 fully saturated rings. The average Bonchev–Trinajstić information content (AvgIpc) is 2.35. The molecule has 23 heavy (non-hydrogen) atoms. The second-order valence-electron chi connectivity index (χ2n) is 6.84. The number of benzene rings is 1. The van der Waals surface area contributed by atoms with Crippen molar-refractivity contribution in [3.63, 3.8) is 0 Å². The highest BCUT2D eigenvalue weighted by Gasteiger charge is 2.19. The lowest BCUT2D eigenvalue weighted by molar-refractivity contribution is -0.185. The summed E-state index contributed by atoms with van der Waals surface area (Å²) in [6.45, 7) is 13.2. The first kappa shape index (κ1) is 19.5. The van der Waals surface area contributed by atoms with Gasteiger partial charge in [0.15, 0.2) is 6.29 Å². The van der Waals surface area contributed by atoms with Gasteiger partial charge in [0.1, 0.15) is 11.4 Å². The van der Waals surface area contributed by atoms with E-state index in [1.165, 1.54) is 0 Å². The predicted molar refractivity (Wildman–Crippen MR) is 88.5 cm³/mol. The van der Waals surface area contributed by atoms with Crippen LogP contribution in [0.5, 0.6) is 5.75 Å². The van der Waals surface area contributed by atoms with E-state index >= 15 is 0 Å². The van der Waals surface area contributed by atoms with E-state index in [-0.39, 0.29) is 12.2 Å². The maximum Gasteiger partial charge on any atom is 0.514 e. The topological polar surface area (TPSA) is 54.0 Å². The summed E-state index contributed by atoms with van der Waals surface area (Å²) >= 11 is 0. The number of carbonyl (C=O) groups excluding carboxylic acids is 1. The van der Waals surface area contributed by atoms with Crippen molar-refractivity contribution in [2.75, 3.05) is 0 Å². The van der Waals surface area contributed by atoms with Crippen LogP contribution in [-0.2, 0) is 14.2 Å². The quantitative estimate of drug-likeness (QED) is 0.425. The lowest BCUT2D eigenvalue weighted by atomic mass is 10.2. The number of rotatable bonds is 6. The molecule has 130 valence electrons. The van der Waals surface area contributed by atoms with Gasteiger partial charge in [-0.25, -0.2) is 4.79 Å². The van der Waals surface area contributed by atoms with Crippen molar-refractivity contribution >= 4 is 6.16 Å². The molecular formula is C18H28O5. The van der Waals surface area contributed by atoms with Gasteiger partial charge in [0.25, 0.3) is 0 Å². The molecule has 0 saturated carbocycles. The van der Waals surface area contributed by atoms with Crippen molar-refractivity contribution in [3.8, 4) is 5.75 Å². The Labute approximate surface area is 138 Å². The van der Waals surface area contributed by atoms with Crippen molar-refractivity contribution in [1.29, 1.82) is 0 Å². The minimum atomic E-state index is -0.723. The van der Waals surface area contributed by atoms with Crippen molar-refractivity contribution < 1.29 is 23.7 Å². The summed E-state index contributed by atoms with van der Waals surface area (Å²) in [5.74, 6) is 0.413. The molecule has 0 amide bonds. The fourth-order valence-electron chi connectivity index (χ4n) is 1.74. The van der Waals surface area contributed by atoms with Gasteiger partial charge in [-0.3, -0.25) is 0 Å². The monoisotopic (exact) mass is 324 g/mol. The molecule has 5 nitrogen and oxygen atoms in total. The molecule has 0 saturated heterocycles. The standard InChI is InChI=1S/C18H28O5/c1-12(2)20-16(21-13(3)4)14-8-10-15(11-9-14)22-17(19)23-18(5,6)7/h8-13,16H,1-7H3. The van der Waals surface area contributed by atoms with Crippen LogP contribution in [0.4, 0.5) is 4.79 Å².